The van der Waals surface area contributed by atoms with Crippen LogP contribution < -0.4 is 5.32 Å². The van der Waals surface area contributed by atoms with Crippen LogP contribution in [0.3, 0.4) is 0 Å². The number of aliphatic hydroxyl groups is 1. The molecule has 1 aromatic rings. The average molecular weight is 225 g/mol. The van der Waals surface area contributed by atoms with Gasteiger partial charge in [0, 0.05) is 0 Å². The standard InChI is InChI=1S/C11H15NO2S/c1-15-8-11(14)12-10(7-13)9-5-3-2-4-6-9/h2-6,10,13H,7-8H2,1H3,(H,12,14)/t10-/m1/s1. The Bertz CT molecular complexity index is 303. The number of rotatable bonds is 5. The van der Waals surface area contributed by atoms with Crippen LogP contribution in [0.5, 0.6) is 0 Å². The minimum atomic E-state index is -0.300. The summed E-state index contributed by atoms with van der Waals surface area (Å²) in [6.45, 7) is -0.0792. The topological polar surface area (TPSA) is 49.3 Å². The molecule has 0 aliphatic rings. The van der Waals surface area contributed by atoms with E-state index in [1.807, 2.05) is 36.6 Å². The minimum absolute atomic E-state index is 0.0506. The molecule has 0 aliphatic carbocycles. The molecule has 0 saturated heterocycles. The van der Waals surface area contributed by atoms with Crippen molar-refractivity contribution < 1.29 is 9.90 Å². The molecule has 1 aromatic carbocycles. The Morgan fingerprint density at radius 1 is 1.47 bits per heavy atom. The highest BCUT2D eigenvalue weighted by Gasteiger charge is 2.12. The van der Waals surface area contributed by atoms with E-state index in [0.717, 1.165) is 5.56 Å². The highest BCUT2D eigenvalue weighted by Crippen LogP contribution is 2.11. The van der Waals surface area contributed by atoms with Crippen molar-refractivity contribution >= 4 is 17.7 Å². The van der Waals surface area contributed by atoms with Crippen LogP contribution >= 0.6 is 11.8 Å². The summed E-state index contributed by atoms with van der Waals surface area (Å²) in [5.74, 6) is 0.369. The number of benzene rings is 1. The maximum Gasteiger partial charge on any atom is 0.230 e. The number of carbonyl (C=O) groups is 1. The fraction of sp³-hybridized carbons (Fsp3) is 0.364. The molecule has 0 aliphatic heterocycles. The molecule has 0 fully saturated rings. The second-order valence-corrected chi connectivity index (χ2v) is 4.01. The van der Waals surface area contributed by atoms with Gasteiger partial charge in [0.05, 0.1) is 18.4 Å². The van der Waals surface area contributed by atoms with Crippen LogP contribution in [-0.2, 0) is 4.79 Å². The predicted molar refractivity (Wildman–Crippen MR) is 62.8 cm³/mol. The number of amides is 1. The Kier molecular flexibility index (Phi) is 5.21. The largest absolute Gasteiger partial charge is 0.394 e. The fourth-order valence-corrected chi connectivity index (χ4v) is 1.63. The van der Waals surface area contributed by atoms with Crippen LogP contribution in [0.1, 0.15) is 11.6 Å². The maximum absolute atomic E-state index is 11.3. The van der Waals surface area contributed by atoms with E-state index < -0.39 is 0 Å². The zero-order chi connectivity index (χ0) is 11.1. The molecule has 0 saturated carbocycles. The SMILES string of the molecule is CSCC(=O)N[C@H](CO)c1ccccc1. The minimum Gasteiger partial charge on any atom is -0.394 e. The predicted octanol–water partition coefficient (Wildman–Crippen LogP) is 1.20. The fourth-order valence-electron chi connectivity index (χ4n) is 1.29. The molecular weight excluding hydrogens is 210 g/mol. The van der Waals surface area contributed by atoms with E-state index in [-0.39, 0.29) is 18.6 Å². The van der Waals surface area contributed by atoms with E-state index >= 15 is 0 Å². The Morgan fingerprint density at radius 3 is 2.67 bits per heavy atom. The van der Waals surface area contributed by atoms with Crippen LogP contribution in [0.25, 0.3) is 0 Å². The Labute approximate surface area is 93.9 Å². The van der Waals surface area contributed by atoms with Gasteiger partial charge in [-0.3, -0.25) is 4.79 Å². The third kappa shape index (κ3) is 3.93. The van der Waals surface area contributed by atoms with Crippen molar-refractivity contribution in [3.05, 3.63) is 35.9 Å². The first-order chi connectivity index (χ1) is 7.27. The lowest BCUT2D eigenvalue weighted by Crippen LogP contribution is -2.31. The van der Waals surface area contributed by atoms with Crippen molar-refractivity contribution in [3.63, 3.8) is 0 Å². The highest BCUT2D eigenvalue weighted by atomic mass is 32.2. The van der Waals surface area contributed by atoms with Gasteiger partial charge in [-0.15, -0.1) is 0 Å². The van der Waals surface area contributed by atoms with E-state index in [9.17, 15) is 9.90 Å². The van der Waals surface area contributed by atoms with Crippen LogP contribution in [0.15, 0.2) is 30.3 Å². The van der Waals surface area contributed by atoms with Crippen LogP contribution in [-0.4, -0.2) is 29.6 Å². The lowest BCUT2D eigenvalue weighted by Gasteiger charge is -2.16. The van der Waals surface area contributed by atoms with Gasteiger partial charge in [0.1, 0.15) is 0 Å². The molecule has 15 heavy (non-hydrogen) atoms. The summed E-state index contributed by atoms with van der Waals surface area (Å²) in [6, 6.07) is 9.16. The molecule has 0 radical (unpaired) electrons. The van der Waals surface area contributed by atoms with Crippen molar-refractivity contribution in [3.8, 4) is 0 Å². The van der Waals surface area contributed by atoms with Crippen LogP contribution in [0.4, 0.5) is 0 Å². The summed E-state index contributed by atoms with van der Waals surface area (Å²) in [6.07, 6.45) is 1.87. The second kappa shape index (κ2) is 6.48. The molecule has 0 spiro atoms. The molecular formula is C11H15NO2S. The first kappa shape index (κ1) is 12.1. The van der Waals surface area contributed by atoms with Gasteiger partial charge in [-0.25, -0.2) is 0 Å². The zero-order valence-electron chi connectivity index (χ0n) is 8.64. The Morgan fingerprint density at radius 2 is 2.13 bits per heavy atom. The zero-order valence-corrected chi connectivity index (χ0v) is 9.46. The van der Waals surface area contributed by atoms with Crippen LogP contribution in [0.2, 0.25) is 0 Å². The monoisotopic (exact) mass is 225 g/mol. The molecule has 1 rings (SSSR count). The number of hydrogen-bond donors (Lipinski definition) is 2. The smallest absolute Gasteiger partial charge is 0.230 e. The molecule has 0 unspecified atom stereocenters. The molecule has 1 amide bonds. The van der Waals surface area contributed by atoms with Crippen molar-refractivity contribution in [2.45, 2.75) is 6.04 Å². The molecule has 2 N–H and O–H groups in total. The van der Waals surface area contributed by atoms with Crippen molar-refractivity contribution in [1.82, 2.24) is 5.32 Å². The van der Waals surface area contributed by atoms with Crippen LogP contribution in [0, 0.1) is 0 Å². The number of aliphatic hydroxyl groups excluding tert-OH is 1. The Hall–Kier alpha value is -1.00. The highest BCUT2D eigenvalue weighted by molar-refractivity contribution is 7.99. The third-order valence-electron chi connectivity index (χ3n) is 2.00. The summed E-state index contributed by atoms with van der Waals surface area (Å²) < 4.78 is 0. The van der Waals surface area contributed by atoms with Gasteiger partial charge < -0.3 is 10.4 Å². The van der Waals surface area contributed by atoms with Crippen molar-refractivity contribution in [1.29, 1.82) is 0 Å². The van der Waals surface area contributed by atoms with E-state index in [1.165, 1.54) is 11.8 Å². The van der Waals surface area contributed by atoms with Gasteiger partial charge in [0.2, 0.25) is 5.91 Å². The second-order valence-electron chi connectivity index (χ2n) is 3.15. The molecule has 0 aromatic heterocycles. The van der Waals surface area contributed by atoms with Gasteiger partial charge in [-0.1, -0.05) is 30.3 Å². The van der Waals surface area contributed by atoms with Gasteiger partial charge in [0.25, 0.3) is 0 Å². The number of carbonyl (C=O) groups excluding carboxylic acids is 1. The van der Waals surface area contributed by atoms with E-state index in [2.05, 4.69) is 5.32 Å². The summed E-state index contributed by atoms with van der Waals surface area (Å²) in [5, 5.41) is 11.9. The lowest BCUT2D eigenvalue weighted by molar-refractivity contribution is -0.119. The molecule has 0 heterocycles. The lowest BCUT2D eigenvalue weighted by atomic mass is 10.1. The molecule has 0 bridgehead atoms. The number of nitrogens with one attached hydrogen (secondary N) is 1. The summed E-state index contributed by atoms with van der Waals surface area (Å²) in [5.41, 5.74) is 0.925. The average Bonchev–Trinajstić information content (AvgIpc) is 2.27. The van der Waals surface area contributed by atoms with E-state index in [0.29, 0.717) is 5.75 Å². The van der Waals surface area contributed by atoms with Crippen molar-refractivity contribution in [2.75, 3.05) is 18.6 Å². The normalized spacial score (nSPS) is 12.1. The quantitative estimate of drug-likeness (QED) is 0.791. The number of hydrogen-bond acceptors (Lipinski definition) is 3. The third-order valence-corrected chi connectivity index (χ3v) is 2.55. The Balaban J connectivity index is 2.61. The molecule has 4 heteroatoms. The van der Waals surface area contributed by atoms with Gasteiger partial charge >= 0.3 is 0 Å². The van der Waals surface area contributed by atoms with E-state index in [4.69, 9.17) is 0 Å². The molecule has 3 nitrogen and oxygen atoms in total. The van der Waals surface area contributed by atoms with Gasteiger partial charge in [0.15, 0.2) is 0 Å². The molecule has 1 atom stereocenters. The van der Waals surface area contributed by atoms with Gasteiger partial charge in [-0.2, -0.15) is 11.8 Å². The summed E-state index contributed by atoms with van der Waals surface area (Å²) in [4.78, 5) is 11.3. The van der Waals surface area contributed by atoms with E-state index in [1.54, 1.807) is 0 Å². The molecule has 82 valence electrons. The summed E-state index contributed by atoms with van der Waals surface area (Å²) in [7, 11) is 0. The first-order valence-corrected chi connectivity index (χ1v) is 6.11. The first-order valence-electron chi connectivity index (χ1n) is 4.72. The summed E-state index contributed by atoms with van der Waals surface area (Å²) >= 11 is 1.46. The van der Waals surface area contributed by atoms with Gasteiger partial charge in [-0.05, 0) is 11.8 Å². The number of thioether (sulfide) groups is 1. The maximum atomic E-state index is 11.3. The van der Waals surface area contributed by atoms with Crippen molar-refractivity contribution in [2.24, 2.45) is 0 Å².